The van der Waals surface area contributed by atoms with Gasteiger partial charge in [-0.2, -0.15) is 18.4 Å². The third-order valence-electron chi connectivity index (χ3n) is 5.34. The van der Waals surface area contributed by atoms with Gasteiger partial charge in [-0.1, -0.05) is 23.7 Å². The molecule has 4 rings (SSSR count). The van der Waals surface area contributed by atoms with E-state index in [0.717, 1.165) is 34.0 Å². The molecule has 3 aromatic rings. The summed E-state index contributed by atoms with van der Waals surface area (Å²) in [7, 11) is 3.93. The molecule has 3 heterocycles. The Morgan fingerprint density at radius 3 is 2.61 bits per heavy atom. The number of anilines is 2. The van der Waals surface area contributed by atoms with Crippen LogP contribution in [0.1, 0.15) is 27.1 Å². The van der Waals surface area contributed by atoms with E-state index in [1.54, 1.807) is 6.21 Å². The topological polar surface area (TPSA) is 55.5 Å². The standard InChI is InChI=1S/C23H19ClF3N5S/c1-31(2)16-5-3-14(4-6-16)11-30-22-18(10-28)17-7-8-32(13-20(17)33-22)21-19(24)9-15(12-29-21)23(25,26)27/h3-6,9,11-12H,7-8,13H2,1-2H3. The molecule has 0 bridgehead atoms. The third kappa shape index (κ3) is 4.82. The summed E-state index contributed by atoms with van der Waals surface area (Å²) in [5, 5.41) is 10.3. The van der Waals surface area contributed by atoms with Crippen molar-refractivity contribution in [3.8, 4) is 6.07 Å². The summed E-state index contributed by atoms with van der Waals surface area (Å²) in [5.41, 5.74) is 2.58. The summed E-state index contributed by atoms with van der Waals surface area (Å²) in [6.07, 6.45) is -1.42. The van der Waals surface area contributed by atoms with Crippen molar-refractivity contribution in [2.75, 3.05) is 30.4 Å². The fourth-order valence-corrected chi connectivity index (χ4v) is 5.03. The molecule has 1 aliphatic rings. The van der Waals surface area contributed by atoms with E-state index >= 15 is 0 Å². The lowest BCUT2D eigenvalue weighted by Crippen LogP contribution is -2.30. The van der Waals surface area contributed by atoms with Crippen LogP contribution in [0.25, 0.3) is 0 Å². The van der Waals surface area contributed by atoms with Gasteiger partial charge >= 0.3 is 6.18 Å². The summed E-state index contributed by atoms with van der Waals surface area (Å²) >= 11 is 7.53. The molecule has 1 aliphatic heterocycles. The SMILES string of the molecule is CN(C)c1ccc(C=Nc2sc3c(c2C#N)CCN(c2ncc(C(F)(F)F)cc2Cl)C3)cc1. The van der Waals surface area contributed by atoms with E-state index in [4.69, 9.17) is 11.6 Å². The average Bonchev–Trinajstić information content (AvgIpc) is 3.13. The first-order chi connectivity index (χ1) is 15.7. The predicted octanol–water partition coefficient (Wildman–Crippen LogP) is 6.07. The van der Waals surface area contributed by atoms with Crippen LogP contribution in [0.2, 0.25) is 5.02 Å². The van der Waals surface area contributed by atoms with Crippen molar-refractivity contribution >= 4 is 45.7 Å². The minimum Gasteiger partial charge on any atom is -0.378 e. The second-order valence-corrected chi connectivity index (χ2v) is 9.23. The quantitative estimate of drug-likeness (QED) is 0.418. The van der Waals surface area contributed by atoms with Crippen LogP contribution in [0.5, 0.6) is 0 Å². The Kier molecular flexibility index (Phi) is 6.32. The molecule has 170 valence electrons. The number of alkyl halides is 3. The highest BCUT2D eigenvalue weighted by molar-refractivity contribution is 7.16. The molecule has 2 aromatic heterocycles. The number of fused-ring (bicyclic) bond motifs is 1. The van der Waals surface area contributed by atoms with Crippen LogP contribution >= 0.6 is 22.9 Å². The molecule has 0 unspecified atom stereocenters. The largest absolute Gasteiger partial charge is 0.417 e. The highest BCUT2D eigenvalue weighted by atomic mass is 35.5. The van der Waals surface area contributed by atoms with E-state index in [-0.39, 0.29) is 5.02 Å². The van der Waals surface area contributed by atoms with Gasteiger partial charge in [-0.05, 0) is 35.7 Å². The molecule has 0 spiro atoms. The first kappa shape index (κ1) is 23.1. The summed E-state index contributed by atoms with van der Waals surface area (Å²) in [6.45, 7) is 0.894. The summed E-state index contributed by atoms with van der Waals surface area (Å²) in [6, 6.07) is 11.0. The Morgan fingerprint density at radius 2 is 2.00 bits per heavy atom. The van der Waals surface area contributed by atoms with Gasteiger partial charge in [0.2, 0.25) is 0 Å². The number of halogens is 4. The lowest BCUT2D eigenvalue weighted by Gasteiger charge is -2.28. The molecule has 0 fully saturated rings. The van der Waals surface area contributed by atoms with Crippen LogP contribution in [-0.4, -0.2) is 31.8 Å². The van der Waals surface area contributed by atoms with Gasteiger partial charge in [0.1, 0.15) is 16.9 Å². The Labute approximate surface area is 198 Å². The molecule has 0 aliphatic carbocycles. The van der Waals surface area contributed by atoms with E-state index in [1.807, 2.05) is 48.2 Å². The van der Waals surface area contributed by atoms with Crippen molar-refractivity contribution in [2.45, 2.75) is 19.1 Å². The maximum atomic E-state index is 12.9. The molecular formula is C23H19ClF3N5S. The predicted molar refractivity (Wildman–Crippen MR) is 126 cm³/mol. The van der Waals surface area contributed by atoms with Crippen molar-refractivity contribution < 1.29 is 13.2 Å². The molecule has 5 nitrogen and oxygen atoms in total. The minimum absolute atomic E-state index is 0.0512. The Morgan fingerprint density at radius 1 is 1.27 bits per heavy atom. The van der Waals surface area contributed by atoms with Crippen LogP contribution in [0.15, 0.2) is 41.5 Å². The zero-order valence-corrected chi connectivity index (χ0v) is 19.4. The number of hydrogen-bond donors (Lipinski definition) is 0. The van der Waals surface area contributed by atoms with Gasteiger partial charge in [0.05, 0.1) is 22.7 Å². The van der Waals surface area contributed by atoms with E-state index in [2.05, 4.69) is 16.0 Å². The summed E-state index contributed by atoms with van der Waals surface area (Å²) in [5.74, 6) is 0.299. The highest BCUT2D eigenvalue weighted by Gasteiger charge is 2.33. The molecular weight excluding hydrogens is 471 g/mol. The number of nitrogens with zero attached hydrogens (tertiary/aromatic N) is 5. The van der Waals surface area contributed by atoms with Crippen LogP contribution in [-0.2, 0) is 19.1 Å². The Bertz CT molecular complexity index is 1240. The van der Waals surface area contributed by atoms with Gasteiger partial charge in [0.15, 0.2) is 0 Å². The van der Waals surface area contributed by atoms with Crippen LogP contribution in [0.3, 0.4) is 0 Å². The summed E-state index contributed by atoms with van der Waals surface area (Å²) in [4.78, 5) is 13.3. The fourth-order valence-electron chi connectivity index (χ4n) is 3.59. The maximum absolute atomic E-state index is 12.9. The van der Waals surface area contributed by atoms with Gasteiger partial charge in [-0.15, -0.1) is 11.3 Å². The van der Waals surface area contributed by atoms with E-state index < -0.39 is 11.7 Å². The number of aliphatic imine (C=N–C) groups is 1. The molecule has 0 N–H and O–H groups in total. The summed E-state index contributed by atoms with van der Waals surface area (Å²) < 4.78 is 38.8. The molecule has 10 heteroatoms. The van der Waals surface area contributed by atoms with E-state index in [9.17, 15) is 18.4 Å². The van der Waals surface area contributed by atoms with E-state index in [0.29, 0.717) is 35.9 Å². The molecule has 0 atom stereocenters. The van der Waals surface area contributed by atoms with Crippen molar-refractivity contribution in [3.63, 3.8) is 0 Å². The van der Waals surface area contributed by atoms with Crippen molar-refractivity contribution in [1.29, 1.82) is 5.26 Å². The molecule has 0 radical (unpaired) electrons. The Hall–Kier alpha value is -3.09. The zero-order chi connectivity index (χ0) is 23.8. The maximum Gasteiger partial charge on any atom is 0.417 e. The number of hydrogen-bond acceptors (Lipinski definition) is 6. The van der Waals surface area contributed by atoms with Crippen molar-refractivity contribution in [1.82, 2.24) is 4.98 Å². The molecule has 0 saturated carbocycles. The smallest absolute Gasteiger partial charge is 0.378 e. The molecule has 0 amide bonds. The monoisotopic (exact) mass is 489 g/mol. The van der Waals surface area contributed by atoms with Crippen molar-refractivity contribution in [3.05, 3.63) is 68.7 Å². The number of benzene rings is 1. The lowest BCUT2D eigenvalue weighted by molar-refractivity contribution is -0.137. The van der Waals surface area contributed by atoms with Crippen LogP contribution in [0, 0.1) is 11.3 Å². The zero-order valence-electron chi connectivity index (χ0n) is 17.8. The van der Waals surface area contributed by atoms with Gasteiger partial charge < -0.3 is 9.80 Å². The lowest BCUT2D eigenvalue weighted by atomic mass is 10.0. The normalized spacial score (nSPS) is 13.8. The molecule has 33 heavy (non-hydrogen) atoms. The van der Waals surface area contributed by atoms with Gasteiger partial charge in [0, 0.05) is 43.6 Å². The van der Waals surface area contributed by atoms with Gasteiger partial charge in [-0.3, -0.25) is 0 Å². The van der Waals surface area contributed by atoms with Crippen molar-refractivity contribution in [2.24, 2.45) is 4.99 Å². The second kappa shape index (κ2) is 9.04. The van der Waals surface area contributed by atoms with E-state index in [1.165, 1.54) is 11.3 Å². The number of rotatable bonds is 4. The molecule has 0 saturated heterocycles. The number of thiophene rings is 1. The number of pyridine rings is 1. The van der Waals surface area contributed by atoms with Gasteiger partial charge in [-0.25, -0.2) is 9.98 Å². The van der Waals surface area contributed by atoms with Crippen LogP contribution < -0.4 is 9.80 Å². The second-order valence-electron chi connectivity index (χ2n) is 7.74. The fraction of sp³-hybridized carbons (Fsp3) is 0.261. The highest BCUT2D eigenvalue weighted by Crippen LogP contribution is 2.41. The number of nitriles is 1. The Balaban J connectivity index is 1.57. The minimum atomic E-state index is -4.50. The molecule has 1 aromatic carbocycles. The first-order valence-corrected chi connectivity index (χ1v) is 11.2. The first-order valence-electron chi connectivity index (χ1n) is 10.0. The number of aromatic nitrogens is 1. The van der Waals surface area contributed by atoms with Gasteiger partial charge in [0.25, 0.3) is 0 Å². The average molecular weight is 490 g/mol. The van der Waals surface area contributed by atoms with Crippen LogP contribution in [0.4, 0.5) is 29.7 Å². The third-order valence-corrected chi connectivity index (χ3v) is 6.74.